The van der Waals surface area contributed by atoms with E-state index in [0.717, 1.165) is 18.7 Å². The van der Waals surface area contributed by atoms with E-state index in [1.807, 2.05) is 11.3 Å². The average molecular weight is 295 g/mol. The predicted octanol–water partition coefficient (Wildman–Crippen LogP) is 4.52. The Bertz CT molecular complexity index is 530. The molecule has 4 heteroatoms. The molecule has 2 heterocycles. The number of hydrogen-bond acceptors (Lipinski definition) is 4. The van der Waals surface area contributed by atoms with Gasteiger partial charge in [0.25, 0.3) is 0 Å². The Morgan fingerprint density at radius 1 is 1.37 bits per heavy atom. The second-order valence-corrected chi connectivity index (χ2v) is 7.02. The monoisotopic (exact) mass is 295 g/mol. The van der Waals surface area contributed by atoms with E-state index in [0.29, 0.717) is 0 Å². The molecule has 0 saturated carbocycles. The third-order valence-electron chi connectivity index (χ3n) is 3.13. The van der Waals surface area contributed by atoms with Crippen LogP contribution in [0.1, 0.15) is 39.6 Å². The van der Waals surface area contributed by atoms with Crippen molar-refractivity contribution >= 4 is 22.7 Å². The van der Waals surface area contributed by atoms with Gasteiger partial charge in [0.2, 0.25) is 0 Å². The van der Waals surface area contributed by atoms with Crippen molar-refractivity contribution in [3.8, 4) is 5.75 Å². The molecule has 0 spiro atoms. The van der Waals surface area contributed by atoms with Crippen molar-refractivity contribution in [2.75, 3.05) is 13.7 Å². The van der Waals surface area contributed by atoms with E-state index < -0.39 is 0 Å². The van der Waals surface area contributed by atoms with Crippen molar-refractivity contribution in [1.29, 1.82) is 0 Å². The number of ether oxygens (including phenoxy) is 1. The van der Waals surface area contributed by atoms with E-state index in [1.54, 1.807) is 18.4 Å². The van der Waals surface area contributed by atoms with Crippen molar-refractivity contribution in [1.82, 2.24) is 5.32 Å². The lowest BCUT2D eigenvalue weighted by Crippen LogP contribution is -2.23. The molecular formula is C15H21NOS2. The first-order chi connectivity index (χ1) is 9.17. The highest BCUT2D eigenvalue weighted by molar-refractivity contribution is 7.12. The maximum atomic E-state index is 5.49. The lowest BCUT2D eigenvalue weighted by atomic mass is 10.1. The van der Waals surface area contributed by atoms with Crippen molar-refractivity contribution < 1.29 is 4.74 Å². The van der Waals surface area contributed by atoms with Crippen LogP contribution >= 0.6 is 22.7 Å². The first kappa shape index (κ1) is 14.6. The Hall–Kier alpha value is -0.840. The molecule has 0 aromatic carbocycles. The molecular weight excluding hydrogens is 274 g/mol. The number of nitrogens with one attached hydrogen (secondary N) is 1. The summed E-state index contributed by atoms with van der Waals surface area (Å²) < 4.78 is 5.49. The molecule has 2 rings (SSSR count). The van der Waals surface area contributed by atoms with Crippen molar-refractivity contribution in [2.24, 2.45) is 0 Å². The largest absolute Gasteiger partial charge is 0.496 e. The van der Waals surface area contributed by atoms with Crippen LogP contribution in [-0.2, 0) is 0 Å². The Labute approximate surface area is 123 Å². The van der Waals surface area contributed by atoms with E-state index in [1.165, 1.54) is 20.2 Å². The quantitative estimate of drug-likeness (QED) is 0.845. The van der Waals surface area contributed by atoms with Gasteiger partial charge in [0, 0.05) is 9.75 Å². The molecule has 104 valence electrons. The Kier molecular flexibility index (Phi) is 5.02. The molecule has 1 atom stereocenters. The third-order valence-corrected chi connectivity index (χ3v) is 5.07. The second kappa shape index (κ2) is 6.55. The van der Waals surface area contributed by atoms with Gasteiger partial charge < -0.3 is 10.1 Å². The number of hydrogen-bond donors (Lipinski definition) is 1. The van der Waals surface area contributed by atoms with Gasteiger partial charge in [-0.2, -0.15) is 0 Å². The first-order valence-electron chi connectivity index (χ1n) is 6.59. The molecule has 0 aliphatic rings. The maximum Gasteiger partial charge on any atom is 0.134 e. The van der Waals surface area contributed by atoms with Crippen LogP contribution in [0.2, 0.25) is 0 Å². The summed E-state index contributed by atoms with van der Waals surface area (Å²) in [6.45, 7) is 7.58. The van der Waals surface area contributed by atoms with Gasteiger partial charge in [-0.15, -0.1) is 22.7 Å². The van der Waals surface area contributed by atoms with Gasteiger partial charge in [-0.3, -0.25) is 0 Å². The predicted molar refractivity (Wildman–Crippen MR) is 84.8 cm³/mol. The molecule has 0 aliphatic carbocycles. The van der Waals surface area contributed by atoms with Crippen LogP contribution in [0.5, 0.6) is 5.75 Å². The lowest BCUT2D eigenvalue weighted by molar-refractivity contribution is 0.407. The smallest absolute Gasteiger partial charge is 0.134 e. The summed E-state index contributed by atoms with van der Waals surface area (Å²) in [5, 5.41) is 5.75. The fraction of sp³-hybridized carbons (Fsp3) is 0.467. The number of thiophene rings is 2. The summed E-state index contributed by atoms with van der Waals surface area (Å²) in [4.78, 5) is 4.03. The van der Waals surface area contributed by atoms with Crippen LogP contribution in [0.15, 0.2) is 17.5 Å². The van der Waals surface area contributed by atoms with E-state index >= 15 is 0 Å². The van der Waals surface area contributed by atoms with Gasteiger partial charge in [0.05, 0.1) is 18.0 Å². The fourth-order valence-electron chi connectivity index (χ4n) is 2.26. The summed E-state index contributed by atoms with van der Waals surface area (Å²) >= 11 is 3.63. The Balaban J connectivity index is 2.38. The number of rotatable bonds is 6. The van der Waals surface area contributed by atoms with Crippen LogP contribution in [0.25, 0.3) is 0 Å². The molecule has 2 aromatic heterocycles. The molecule has 0 fully saturated rings. The summed E-state index contributed by atoms with van der Waals surface area (Å²) in [6, 6.07) is 4.60. The zero-order chi connectivity index (χ0) is 13.8. The van der Waals surface area contributed by atoms with Crippen LogP contribution in [0.3, 0.4) is 0 Å². The number of methoxy groups -OCH3 is 1. The Morgan fingerprint density at radius 3 is 2.74 bits per heavy atom. The minimum atomic E-state index is 0.250. The van der Waals surface area contributed by atoms with Gasteiger partial charge >= 0.3 is 0 Å². The molecule has 2 nitrogen and oxygen atoms in total. The molecule has 0 amide bonds. The van der Waals surface area contributed by atoms with E-state index in [9.17, 15) is 0 Å². The highest BCUT2D eigenvalue weighted by Gasteiger charge is 2.22. The average Bonchev–Trinajstić information content (AvgIpc) is 2.97. The van der Waals surface area contributed by atoms with Crippen molar-refractivity contribution in [2.45, 2.75) is 33.2 Å². The van der Waals surface area contributed by atoms with Crippen LogP contribution in [0, 0.1) is 13.8 Å². The summed E-state index contributed by atoms with van der Waals surface area (Å²) in [6.07, 6.45) is 1.13. The molecule has 0 saturated heterocycles. The summed E-state index contributed by atoms with van der Waals surface area (Å²) in [7, 11) is 1.74. The topological polar surface area (TPSA) is 21.3 Å². The zero-order valence-corrected chi connectivity index (χ0v) is 13.6. The number of aryl methyl sites for hydroxylation is 2. The van der Waals surface area contributed by atoms with Crippen LogP contribution < -0.4 is 10.1 Å². The van der Waals surface area contributed by atoms with Crippen molar-refractivity contribution in [3.05, 3.63) is 37.7 Å². The molecule has 0 bridgehead atoms. The van der Waals surface area contributed by atoms with E-state index in [-0.39, 0.29) is 6.04 Å². The third kappa shape index (κ3) is 3.19. The Morgan fingerprint density at radius 2 is 2.16 bits per heavy atom. The maximum absolute atomic E-state index is 5.49. The normalized spacial score (nSPS) is 12.6. The minimum Gasteiger partial charge on any atom is -0.496 e. The highest BCUT2D eigenvalue weighted by Crippen LogP contribution is 2.38. The highest BCUT2D eigenvalue weighted by atomic mass is 32.1. The standard InChI is InChI=1S/C15H21NOS2/c1-5-7-16-14(12-9-10(2)19-11(12)3)15-13(17-4)6-8-18-15/h6,8-9,14,16H,5,7H2,1-4H3. The summed E-state index contributed by atoms with van der Waals surface area (Å²) in [5.74, 6) is 0.988. The lowest BCUT2D eigenvalue weighted by Gasteiger charge is -2.19. The SMILES string of the molecule is CCCNC(c1cc(C)sc1C)c1sccc1OC. The van der Waals surface area contributed by atoms with Crippen molar-refractivity contribution in [3.63, 3.8) is 0 Å². The van der Waals surface area contributed by atoms with Gasteiger partial charge in [0.15, 0.2) is 0 Å². The molecule has 0 aliphatic heterocycles. The van der Waals surface area contributed by atoms with Crippen LogP contribution in [0.4, 0.5) is 0 Å². The van der Waals surface area contributed by atoms with Gasteiger partial charge in [-0.1, -0.05) is 6.92 Å². The molecule has 19 heavy (non-hydrogen) atoms. The molecule has 1 unspecified atom stereocenters. The first-order valence-corrected chi connectivity index (χ1v) is 8.28. The molecule has 1 N–H and O–H groups in total. The van der Waals surface area contributed by atoms with Gasteiger partial charge in [0.1, 0.15) is 5.75 Å². The van der Waals surface area contributed by atoms with Crippen LogP contribution in [-0.4, -0.2) is 13.7 Å². The molecule has 0 radical (unpaired) electrons. The van der Waals surface area contributed by atoms with Gasteiger partial charge in [-0.25, -0.2) is 0 Å². The summed E-state index contributed by atoms with van der Waals surface area (Å²) in [5.41, 5.74) is 1.39. The molecule has 2 aromatic rings. The zero-order valence-electron chi connectivity index (χ0n) is 11.9. The van der Waals surface area contributed by atoms with E-state index in [4.69, 9.17) is 4.74 Å². The van der Waals surface area contributed by atoms with Gasteiger partial charge in [-0.05, 0) is 49.9 Å². The van der Waals surface area contributed by atoms with E-state index in [2.05, 4.69) is 43.6 Å². The minimum absolute atomic E-state index is 0.250. The second-order valence-electron chi connectivity index (χ2n) is 4.61. The fourth-order valence-corrected chi connectivity index (χ4v) is 4.17.